The second kappa shape index (κ2) is 5.33. The van der Waals surface area contributed by atoms with E-state index >= 15 is 0 Å². The Morgan fingerprint density at radius 1 is 1.37 bits per heavy atom. The van der Waals surface area contributed by atoms with E-state index in [1.807, 2.05) is 20.8 Å². The zero-order valence-electron chi connectivity index (χ0n) is 12.2. The molecule has 0 amide bonds. The van der Waals surface area contributed by atoms with Crippen molar-refractivity contribution in [2.75, 3.05) is 6.54 Å². The van der Waals surface area contributed by atoms with Crippen molar-refractivity contribution < 1.29 is 4.74 Å². The van der Waals surface area contributed by atoms with Gasteiger partial charge < -0.3 is 9.64 Å². The Morgan fingerprint density at radius 3 is 2.58 bits per heavy atom. The predicted octanol–water partition coefficient (Wildman–Crippen LogP) is 3.83. The molecule has 2 atom stereocenters. The number of hydrogen-bond acceptors (Lipinski definition) is 3. The third-order valence-corrected chi connectivity index (χ3v) is 3.74. The summed E-state index contributed by atoms with van der Waals surface area (Å²) < 4.78 is 5.91. The summed E-state index contributed by atoms with van der Waals surface area (Å²) in [5.74, 6) is 1.49. The summed E-state index contributed by atoms with van der Waals surface area (Å²) in [5.41, 5.74) is 8.37. The Labute approximate surface area is 115 Å². The second-order valence-corrected chi connectivity index (χ2v) is 6.59. The number of piperidine rings is 1. The van der Waals surface area contributed by atoms with Crippen LogP contribution in [0.15, 0.2) is 17.6 Å². The van der Waals surface area contributed by atoms with Crippen LogP contribution in [0.5, 0.6) is 0 Å². The van der Waals surface area contributed by atoms with Crippen LogP contribution in [-0.4, -0.2) is 29.1 Å². The summed E-state index contributed by atoms with van der Waals surface area (Å²) in [6.45, 7) is 11.1. The molecule has 1 heterocycles. The van der Waals surface area contributed by atoms with E-state index in [-0.39, 0.29) is 11.6 Å². The molecule has 2 rings (SSSR count). The van der Waals surface area contributed by atoms with E-state index in [4.69, 9.17) is 10.3 Å². The molecule has 2 fully saturated rings. The first-order valence-electron chi connectivity index (χ1n) is 7.09. The molecule has 2 aliphatic rings. The molecule has 19 heavy (non-hydrogen) atoms. The number of hydrogen-bond donors (Lipinski definition) is 0. The third-order valence-electron chi connectivity index (χ3n) is 3.74. The third kappa shape index (κ3) is 3.80. The number of azide groups is 1. The van der Waals surface area contributed by atoms with Crippen molar-refractivity contribution in [2.45, 2.75) is 64.1 Å². The predicted molar refractivity (Wildman–Crippen MR) is 75.4 cm³/mol. The fourth-order valence-electron chi connectivity index (χ4n) is 2.81. The molecule has 5 nitrogen and oxygen atoms in total. The number of nitrogens with zero attached hydrogens (tertiary/aromatic N) is 4. The number of rotatable bonds is 4. The molecule has 1 aliphatic heterocycles. The van der Waals surface area contributed by atoms with Gasteiger partial charge in [0.25, 0.3) is 0 Å². The Morgan fingerprint density at radius 2 is 2.05 bits per heavy atom. The van der Waals surface area contributed by atoms with Crippen molar-refractivity contribution in [2.24, 2.45) is 11.0 Å². The van der Waals surface area contributed by atoms with Crippen LogP contribution in [0.1, 0.15) is 46.5 Å². The largest absolute Gasteiger partial charge is 0.474 e. The highest BCUT2D eigenvalue weighted by molar-refractivity contribution is 5.01. The van der Waals surface area contributed by atoms with Crippen LogP contribution < -0.4 is 0 Å². The summed E-state index contributed by atoms with van der Waals surface area (Å²) >= 11 is 0. The Balaban J connectivity index is 2.03. The molecule has 1 aliphatic carbocycles. The monoisotopic (exact) mass is 264 g/mol. The maximum atomic E-state index is 8.59. The molecule has 1 saturated carbocycles. The van der Waals surface area contributed by atoms with E-state index in [0.29, 0.717) is 6.04 Å². The highest BCUT2D eigenvalue weighted by atomic mass is 16.5. The van der Waals surface area contributed by atoms with E-state index in [1.165, 1.54) is 12.8 Å². The zero-order chi connectivity index (χ0) is 14.0. The minimum absolute atomic E-state index is 0.134. The molecular formula is C14H24N4O. The lowest BCUT2D eigenvalue weighted by atomic mass is 9.94. The van der Waals surface area contributed by atoms with Gasteiger partial charge in [0.2, 0.25) is 0 Å². The van der Waals surface area contributed by atoms with Crippen LogP contribution in [0.25, 0.3) is 10.4 Å². The van der Waals surface area contributed by atoms with Crippen molar-refractivity contribution in [3.63, 3.8) is 0 Å². The molecular weight excluding hydrogens is 240 g/mol. The van der Waals surface area contributed by atoms with Gasteiger partial charge in [0.05, 0.1) is 0 Å². The Hall–Kier alpha value is -1.35. The quantitative estimate of drug-likeness (QED) is 0.335. The van der Waals surface area contributed by atoms with Gasteiger partial charge in [-0.25, -0.2) is 0 Å². The molecule has 5 heteroatoms. The van der Waals surface area contributed by atoms with Crippen LogP contribution in [0.2, 0.25) is 0 Å². The molecule has 106 valence electrons. The summed E-state index contributed by atoms with van der Waals surface area (Å²) in [7, 11) is 0. The lowest BCUT2D eigenvalue weighted by molar-refractivity contribution is -0.0218. The Bertz CT molecular complexity index is 391. The lowest BCUT2D eigenvalue weighted by Crippen LogP contribution is -2.45. The Kier molecular flexibility index (Phi) is 3.95. The van der Waals surface area contributed by atoms with Crippen molar-refractivity contribution in [1.82, 2.24) is 4.90 Å². The first-order valence-corrected chi connectivity index (χ1v) is 7.09. The zero-order valence-corrected chi connectivity index (χ0v) is 12.2. The van der Waals surface area contributed by atoms with Crippen LogP contribution in [-0.2, 0) is 4.74 Å². The summed E-state index contributed by atoms with van der Waals surface area (Å²) in [6, 6.07) is 0.563. The average molecular weight is 264 g/mol. The van der Waals surface area contributed by atoms with Crippen LogP contribution in [0, 0.1) is 5.92 Å². The van der Waals surface area contributed by atoms with Crippen LogP contribution in [0.3, 0.4) is 0 Å². The van der Waals surface area contributed by atoms with E-state index in [0.717, 1.165) is 31.2 Å². The van der Waals surface area contributed by atoms with Gasteiger partial charge in [0, 0.05) is 23.5 Å². The van der Waals surface area contributed by atoms with E-state index in [9.17, 15) is 0 Å². The topological polar surface area (TPSA) is 61.2 Å². The highest BCUT2D eigenvalue weighted by Gasteiger charge is 2.40. The molecule has 0 N–H and O–H groups in total. The minimum atomic E-state index is -0.215. The molecule has 0 aromatic carbocycles. The summed E-state index contributed by atoms with van der Waals surface area (Å²) in [4.78, 5) is 5.24. The maximum absolute atomic E-state index is 8.59. The minimum Gasteiger partial charge on any atom is -0.474 e. The molecule has 0 radical (unpaired) electrons. The normalized spacial score (nSPS) is 27.6. The van der Waals surface area contributed by atoms with Gasteiger partial charge in [-0.05, 0) is 64.5 Å². The number of ether oxygens (including phenoxy) is 1. The summed E-state index contributed by atoms with van der Waals surface area (Å²) in [6.07, 6.45) is 4.36. The van der Waals surface area contributed by atoms with Crippen molar-refractivity contribution in [1.29, 1.82) is 0 Å². The van der Waals surface area contributed by atoms with Gasteiger partial charge >= 0.3 is 0 Å². The first kappa shape index (κ1) is 14.1. The number of likely N-dealkylation sites (tertiary alicyclic amines) is 1. The van der Waals surface area contributed by atoms with Gasteiger partial charge in [0.1, 0.15) is 5.60 Å². The van der Waals surface area contributed by atoms with E-state index in [1.54, 1.807) is 0 Å². The molecule has 0 unspecified atom stereocenters. The maximum Gasteiger partial charge on any atom is 0.182 e. The standard InChI is InChI=1S/C14H24N4O/c1-10(19-14(2,3)4)18-8-7-12(16-17-15)9-13(18)11-5-6-11/h11-13H,1,5-9H2,2-4H3/t12-,13+/m1/s1. The molecule has 0 aromatic heterocycles. The van der Waals surface area contributed by atoms with Gasteiger partial charge in [-0.15, -0.1) is 0 Å². The molecule has 1 saturated heterocycles. The van der Waals surface area contributed by atoms with Crippen molar-refractivity contribution >= 4 is 0 Å². The van der Waals surface area contributed by atoms with E-state index in [2.05, 4.69) is 21.5 Å². The smallest absolute Gasteiger partial charge is 0.182 e. The van der Waals surface area contributed by atoms with Crippen LogP contribution in [0.4, 0.5) is 0 Å². The van der Waals surface area contributed by atoms with E-state index < -0.39 is 0 Å². The van der Waals surface area contributed by atoms with Crippen molar-refractivity contribution in [3.05, 3.63) is 22.9 Å². The second-order valence-electron chi connectivity index (χ2n) is 6.59. The van der Waals surface area contributed by atoms with Gasteiger partial charge in [0.15, 0.2) is 5.88 Å². The highest BCUT2D eigenvalue weighted by Crippen LogP contribution is 2.41. The average Bonchev–Trinajstić information content (AvgIpc) is 3.10. The van der Waals surface area contributed by atoms with Gasteiger partial charge in [-0.3, -0.25) is 0 Å². The fraction of sp³-hybridized carbons (Fsp3) is 0.857. The lowest BCUT2D eigenvalue weighted by Gasteiger charge is -2.42. The van der Waals surface area contributed by atoms with Crippen LogP contribution >= 0.6 is 0 Å². The molecule has 0 bridgehead atoms. The van der Waals surface area contributed by atoms with Gasteiger partial charge in [-0.2, -0.15) is 0 Å². The first-order chi connectivity index (χ1) is 8.90. The summed E-state index contributed by atoms with van der Waals surface area (Å²) in [5, 5.41) is 3.90. The SMILES string of the molecule is C=C(OC(C)(C)C)N1CC[C@@H](N=[N+]=[N-])C[C@H]1C1CC1. The molecule has 0 spiro atoms. The van der Waals surface area contributed by atoms with Crippen molar-refractivity contribution in [3.8, 4) is 0 Å². The van der Waals surface area contributed by atoms with Gasteiger partial charge in [-0.1, -0.05) is 5.11 Å². The fourth-order valence-corrected chi connectivity index (χ4v) is 2.81. The molecule has 0 aromatic rings.